The third-order valence-corrected chi connectivity index (χ3v) is 5.78. The molecule has 1 aromatic carbocycles. The van der Waals surface area contributed by atoms with Crippen molar-refractivity contribution in [3.8, 4) is 11.3 Å². The molecule has 1 amide bonds. The van der Waals surface area contributed by atoms with E-state index >= 15 is 0 Å². The smallest absolute Gasteiger partial charge is 0.264 e. The zero-order chi connectivity index (χ0) is 19.1. The second-order valence-electron chi connectivity index (χ2n) is 7.45. The maximum absolute atomic E-state index is 13.7. The van der Waals surface area contributed by atoms with Crippen molar-refractivity contribution in [3.63, 3.8) is 0 Å². The van der Waals surface area contributed by atoms with Crippen LogP contribution in [0.15, 0.2) is 53.3 Å². The number of rotatable bonds is 2. The lowest BCUT2D eigenvalue weighted by Gasteiger charge is -2.46. The highest BCUT2D eigenvalue weighted by Crippen LogP contribution is 2.40. The molecule has 0 N–H and O–H groups in total. The van der Waals surface area contributed by atoms with Crippen LogP contribution in [0.4, 0.5) is 11.4 Å². The maximum atomic E-state index is 13.7. The Morgan fingerprint density at radius 1 is 1.11 bits per heavy atom. The third-order valence-electron chi connectivity index (χ3n) is 5.78. The van der Waals surface area contributed by atoms with Crippen LogP contribution in [0.3, 0.4) is 0 Å². The van der Waals surface area contributed by atoms with Crippen molar-refractivity contribution in [2.75, 3.05) is 22.9 Å². The molecule has 0 saturated carbocycles. The average molecular weight is 374 g/mol. The van der Waals surface area contributed by atoms with Crippen LogP contribution in [0, 0.1) is 6.92 Å². The molecule has 0 bridgehead atoms. The summed E-state index contributed by atoms with van der Waals surface area (Å²) in [6.07, 6.45) is 6.92. The van der Waals surface area contributed by atoms with Crippen LogP contribution in [0.25, 0.3) is 11.3 Å². The first-order valence-corrected chi connectivity index (χ1v) is 9.78. The van der Waals surface area contributed by atoms with Gasteiger partial charge in [0, 0.05) is 37.1 Å². The Morgan fingerprint density at radius 3 is 2.71 bits per heavy atom. The Labute approximate surface area is 163 Å². The number of para-hydroxylation sites is 2. The molecule has 142 valence electrons. The molecule has 5 rings (SSSR count). The molecule has 2 aromatic heterocycles. The normalized spacial score (nSPS) is 18.5. The predicted octanol–water partition coefficient (Wildman–Crippen LogP) is 4.06. The van der Waals surface area contributed by atoms with E-state index in [4.69, 9.17) is 4.52 Å². The van der Waals surface area contributed by atoms with Crippen molar-refractivity contribution in [1.82, 2.24) is 10.1 Å². The van der Waals surface area contributed by atoms with E-state index in [1.165, 1.54) is 12.8 Å². The van der Waals surface area contributed by atoms with E-state index in [0.717, 1.165) is 29.9 Å². The highest BCUT2D eigenvalue weighted by molar-refractivity contribution is 6.12. The maximum Gasteiger partial charge on any atom is 0.264 e. The van der Waals surface area contributed by atoms with E-state index in [9.17, 15) is 4.79 Å². The number of fused-ring (bicyclic) bond motifs is 3. The highest BCUT2D eigenvalue weighted by atomic mass is 16.5. The van der Waals surface area contributed by atoms with Gasteiger partial charge in [-0.25, -0.2) is 0 Å². The molecule has 0 aliphatic carbocycles. The Bertz CT molecular complexity index is 1010. The Hall–Kier alpha value is -3.15. The summed E-state index contributed by atoms with van der Waals surface area (Å²) < 4.78 is 5.43. The lowest BCUT2D eigenvalue weighted by molar-refractivity contribution is 0.0981. The molecule has 6 heteroatoms. The summed E-state index contributed by atoms with van der Waals surface area (Å²) in [6.45, 7) is 3.54. The van der Waals surface area contributed by atoms with Gasteiger partial charge in [-0.3, -0.25) is 9.78 Å². The number of nitrogens with zero attached hydrogens (tertiary/aromatic N) is 4. The summed E-state index contributed by atoms with van der Waals surface area (Å²) >= 11 is 0. The molecule has 4 heterocycles. The minimum Gasteiger partial charge on any atom is -0.365 e. The lowest BCUT2D eigenvalue weighted by Crippen LogP contribution is -2.53. The molecule has 1 fully saturated rings. The van der Waals surface area contributed by atoms with Crippen LogP contribution in [-0.2, 0) is 0 Å². The van der Waals surface area contributed by atoms with Gasteiger partial charge in [0.2, 0.25) is 0 Å². The summed E-state index contributed by atoms with van der Waals surface area (Å²) in [7, 11) is 0. The molecule has 0 radical (unpaired) electrons. The predicted molar refractivity (Wildman–Crippen MR) is 108 cm³/mol. The Kier molecular flexibility index (Phi) is 4.11. The van der Waals surface area contributed by atoms with Gasteiger partial charge >= 0.3 is 0 Å². The molecule has 2 aliphatic rings. The van der Waals surface area contributed by atoms with Crippen molar-refractivity contribution in [2.24, 2.45) is 0 Å². The van der Waals surface area contributed by atoms with Crippen molar-refractivity contribution in [1.29, 1.82) is 0 Å². The van der Waals surface area contributed by atoms with Crippen LogP contribution in [0.2, 0.25) is 0 Å². The van der Waals surface area contributed by atoms with Crippen molar-refractivity contribution in [2.45, 2.75) is 32.2 Å². The number of aromatic nitrogens is 2. The quantitative estimate of drug-likeness (QED) is 0.677. The van der Waals surface area contributed by atoms with Crippen LogP contribution < -0.4 is 9.80 Å². The van der Waals surface area contributed by atoms with Crippen molar-refractivity contribution >= 4 is 17.3 Å². The number of aryl methyl sites for hydroxylation is 1. The van der Waals surface area contributed by atoms with Gasteiger partial charge in [0.1, 0.15) is 17.0 Å². The SMILES string of the molecule is Cc1onc(-c2ccncc2)c1C(=O)N1CC2CCCCN2c2ccccc21. The van der Waals surface area contributed by atoms with E-state index in [1.807, 2.05) is 35.2 Å². The fourth-order valence-corrected chi connectivity index (χ4v) is 4.41. The fourth-order valence-electron chi connectivity index (χ4n) is 4.41. The van der Waals surface area contributed by atoms with Gasteiger partial charge in [0.05, 0.1) is 11.4 Å². The number of carbonyl (C=O) groups is 1. The molecular formula is C22H22N4O2. The first-order chi connectivity index (χ1) is 13.7. The number of hydrogen-bond donors (Lipinski definition) is 0. The number of carbonyl (C=O) groups excluding carboxylic acids is 1. The first kappa shape index (κ1) is 17.0. The summed E-state index contributed by atoms with van der Waals surface area (Å²) in [5, 5.41) is 4.18. The van der Waals surface area contributed by atoms with Gasteiger partial charge in [0.15, 0.2) is 0 Å². The van der Waals surface area contributed by atoms with Gasteiger partial charge in [-0.05, 0) is 50.5 Å². The number of anilines is 2. The zero-order valence-electron chi connectivity index (χ0n) is 15.8. The van der Waals surface area contributed by atoms with Crippen LogP contribution in [-0.4, -0.2) is 35.2 Å². The molecule has 28 heavy (non-hydrogen) atoms. The Morgan fingerprint density at radius 2 is 1.89 bits per heavy atom. The standard InChI is InChI=1S/C22H22N4O2/c1-15-20(21(24-28-15)16-9-11-23-12-10-16)22(27)26-14-17-6-4-5-13-25(17)18-7-2-3-8-19(18)26/h2-3,7-12,17H,4-6,13-14H2,1H3. The summed E-state index contributed by atoms with van der Waals surface area (Å²) in [6, 6.07) is 12.3. The van der Waals surface area contributed by atoms with E-state index in [-0.39, 0.29) is 5.91 Å². The molecule has 1 unspecified atom stereocenters. The van der Waals surface area contributed by atoms with Crippen LogP contribution >= 0.6 is 0 Å². The Balaban J connectivity index is 1.59. The summed E-state index contributed by atoms with van der Waals surface area (Å²) in [5.74, 6) is 0.489. The van der Waals surface area contributed by atoms with Gasteiger partial charge in [-0.15, -0.1) is 0 Å². The fraction of sp³-hybridized carbons (Fsp3) is 0.318. The lowest BCUT2D eigenvalue weighted by atomic mass is 9.96. The van der Waals surface area contributed by atoms with E-state index in [0.29, 0.717) is 29.6 Å². The monoisotopic (exact) mass is 374 g/mol. The summed E-state index contributed by atoms with van der Waals surface area (Å²) in [4.78, 5) is 22.1. The second-order valence-corrected chi connectivity index (χ2v) is 7.45. The molecule has 2 aliphatic heterocycles. The molecule has 6 nitrogen and oxygen atoms in total. The van der Waals surface area contributed by atoms with Gasteiger partial charge in [-0.2, -0.15) is 0 Å². The minimum absolute atomic E-state index is 0.0526. The molecule has 3 aromatic rings. The number of benzene rings is 1. The first-order valence-electron chi connectivity index (χ1n) is 9.78. The third kappa shape index (κ3) is 2.68. The number of pyridine rings is 1. The van der Waals surface area contributed by atoms with Crippen LogP contribution in [0.1, 0.15) is 35.4 Å². The average Bonchev–Trinajstić information content (AvgIpc) is 3.14. The van der Waals surface area contributed by atoms with Gasteiger partial charge in [-0.1, -0.05) is 17.3 Å². The van der Waals surface area contributed by atoms with Crippen molar-refractivity contribution in [3.05, 3.63) is 60.1 Å². The van der Waals surface area contributed by atoms with E-state index in [2.05, 4.69) is 21.1 Å². The van der Waals surface area contributed by atoms with Gasteiger partial charge < -0.3 is 14.3 Å². The number of hydrogen-bond acceptors (Lipinski definition) is 5. The molecule has 1 saturated heterocycles. The zero-order valence-corrected chi connectivity index (χ0v) is 15.8. The van der Waals surface area contributed by atoms with Gasteiger partial charge in [0.25, 0.3) is 5.91 Å². The molecule has 1 atom stereocenters. The second kappa shape index (κ2) is 6.78. The number of amides is 1. The number of piperidine rings is 1. The largest absolute Gasteiger partial charge is 0.365 e. The molecular weight excluding hydrogens is 352 g/mol. The van der Waals surface area contributed by atoms with E-state index in [1.54, 1.807) is 19.3 Å². The van der Waals surface area contributed by atoms with Crippen molar-refractivity contribution < 1.29 is 9.32 Å². The molecule has 0 spiro atoms. The highest BCUT2D eigenvalue weighted by Gasteiger charge is 2.37. The van der Waals surface area contributed by atoms with Crippen LogP contribution in [0.5, 0.6) is 0 Å². The summed E-state index contributed by atoms with van der Waals surface area (Å²) in [5.41, 5.74) is 4.05. The van der Waals surface area contributed by atoms with E-state index < -0.39 is 0 Å². The topological polar surface area (TPSA) is 62.5 Å². The minimum atomic E-state index is -0.0526.